The van der Waals surface area contributed by atoms with E-state index >= 15 is 0 Å². The first-order valence-electron chi connectivity index (χ1n) is 7.30. The Balaban J connectivity index is 2.60. The van der Waals surface area contributed by atoms with Gasteiger partial charge in [-0.05, 0) is 45.4 Å². The fraction of sp³-hybridized carbons (Fsp3) is 0.412. The van der Waals surface area contributed by atoms with Gasteiger partial charge in [0.15, 0.2) is 18.1 Å². The molecule has 0 bridgehead atoms. The number of allylic oxidation sites excluding steroid dienone is 1. The Labute approximate surface area is 136 Å². The molecule has 0 heterocycles. The number of amides is 3. The van der Waals surface area contributed by atoms with Crippen molar-refractivity contribution in [1.82, 2.24) is 10.6 Å². The molecule has 0 aliphatic heterocycles. The molecule has 6 heteroatoms. The van der Waals surface area contributed by atoms with Crippen molar-refractivity contribution in [2.45, 2.75) is 33.2 Å². The molecular formula is C17H24N2O4. The smallest absolute Gasteiger partial charge is 0.321 e. The predicted octanol–water partition coefficient (Wildman–Crippen LogP) is 2.73. The molecule has 1 aromatic carbocycles. The van der Waals surface area contributed by atoms with E-state index in [1.54, 1.807) is 12.1 Å². The van der Waals surface area contributed by atoms with Gasteiger partial charge in [0.25, 0.3) is 5.91 Å². The molecule has 0 saturated carbocycles. The number of urea groups is 1. The summed E-state index contributed by atoms with van der Waals surface area (Å²) in [6.45, 7) is 7.11. The van der Waals surface area contributed by atoms with Crippen LogP contribution in [0.3, 0.4) is 0 Å². The second-order valence-corrected chi connectivity index (χ2v) is 5.95. The molecule has 0 fully saturated rings. The Bertz CT molecular complexity index is 589. The number of hydrogen-bond donors (Lipinski definition) is 2. The number of rotatable bonds is 5. The lowest BCUT2D eigenvalue weighted by Gasteiger charge is -2.20. The first-order chi connectivity index (χ1) is 10.7. The molecule has 2 N–H and O–H groups in total. The van der Waals surface area contributed by atoms with Crippen molar-refractivity contribution < 1.29 is 19.1 Å². The van der Waals surface area contributed by atoms with Crippen LogP contribution in [0.15, 0.2) is 24.3 Å². The Kier molecular flexibility index (Phi) is 6.63. The molecule has 23 heavy (non-hydrogen) atoms. The molecule has 0 aromatic heterocycles. The number of imide groups is 1. The third-order valence-corrected chi connectivity index (χ3v) is 2.65. The van der Waals surface area contributed by atoms with Gasteiger partial charge in [-0.3, -0.25) is 10.1 Å². The Morgan fingerprint density at radius 2 is 1.91 bits per heavy atom. The van der Waals surface area contributed by atoms with Crippen LogP contribution in [0, 0.1) is 0 Å². The van der Waals surface area contributed by atoms with Crippen LogP contribution in [0.2, 0.25) is 0 Å². The number of ether oxygens (including phenoxy) is 2. The number of carbonyl (C=O) groups is 2. The van der Waals surface area contributed by atoms with Gasteiger partial charge in [0.2, 0.25) is 0 Å². The average molecular weight is 320 g/mol. The minimum absolute atomic E-state index is 0.281. The normalized spacial score (nSPS) is 11.2. The van der Waals surface area contributed by atoms with Crippen molar-refractivity contribution in [1.29, 1.82) is 0 Å². The minimum atomic E-state index is -0.554. The van der Waals surface area contributed by atoms with Crippen LogP contribution >= 0.6 is 0 Å². The second-order valence-electron chi connectivity index (χ2n) is 5.95. The van der Waals surface area contributed by atoms with Crippen LogP contribution in [-0.4, -0.2) is 31.2 Å². The van der Waals surface area contributed by atoms with E-state index in [-0.39, 0.29) is 6.61 Å². The Morgan fingerprint density at radius 3 is 2.48 bits per heavy atom. The molecular weight excluding hydrogens is 296 g/mol. The lowest BCUT2D eigenvalue weighted by Crippen LogP contribution is -2.49. The van der Waals surface area contributed by atoms with Gasteiger partial charge >= 0.3 is 6.03 Å². The molecule has 0 spiro atoms. The van der Waals surface area contributed by atoms with Gasteiger partial charge in [0.1, 0.15) is 0 Å². The highest BCUT2D eigenvalue weighted by Gasteiger charge is 2.16. The quantitative estimate of drug-likeness (QED) is 0.874. The molecule has 3 amide bonds. The molecule has 1 aromatic rings. The van der Waals surface area contributed by atoms with Gasteiger partial charge in [-0.2, -0.15) is 0 Å². The van der Waals surface area contributed by atoms with E-state index in [2.05, 4.69) is 10.6 Å². The fourth-order valence-electron chi connectivity index (χ4n) is 1.78. The van der Waals surface area contributed by atoms with Crippen molar-refractivity contribution in [2.24, 2.45) is 0 Å². The number of methoxy groups -OCH3 is 1. The lowest BCUT2D eigenvalue weighted by atomic mass is 10.1. The monoisotopic (exact) mass is 320 g/mol. The minimum Gasteiger partial charge on any atom is -0.493 e. The van der Waals surface area contributed by atoms with E-state index in [1.165, 1.54) is 7.11 Å². The maximum atomic E-state index is 11.7. The van der Waals surface area contributed by atoms with E-state index in [9.17, 15) is 9.59 Å². The molecule has 0 saturated heterocycles. The van der Waals surface area contributed by atoms with Crippen LogP contribution in [0.5, 0.6) is 11.5 Å². The van der Waals surface area contributed by atoms with Crippen LogP contribution < -0.4 is 20.1 Å². The summed E-state index contributed by atoms with van der Waals surface area (Å²) < 4.78 is 10.7. The fourth-order valence-corrected chi connectivity index (χ4v) is 1.78. The molecule has 0 aliphatic rings. The number of nitrogens with one attached hydrogen (secondary N) is 2. The number of hydrogen-bond acceptors (Lipinski definition) is 4. The highest BCUT2D eigenvalue weighted by molar-refractivity contribution is 5.95. The van der Waals surface area contributed by atoms with Crippen LogP contribution in [0.1, 0.15) is 33.3 Å². The SMILES string of the molecule is C/C=C/c1ccc(OCC(=O)NC(=O)NC(C)(C)C)c(OC)c1. The van der Waals surface area contributed by atoms with E-state index in [1.807, 2.05) is 45.9 Å². The summed E-state index contributed by atoms with van der Waals surface area (Å²) >= 11 is 0. The summed E-state index contributed by atoms with van der Waals surface area (Å²) in [6, 6.07) is 4.82. The zero-order chi connectivity index (χ0) is 17.5. The zero-order valence-electron chi connectivity index (χ0n) is 14.2. The van der Waals surface area contributed by atoms with Crippen LogP contribution in [0.25, 0.3) is 6.08 Å². The van der Waals surface area contributed by atoms with Gasteiger partial charge in [-0.15, -0.1) is 0 Å². The summed E-state index contributed by atoms with van der Waals surface area (Å²) in [5, 5.41) is 4.84. The van der Waals surface area contributed by atoms with Gasteiger partial charge < -0.3 is 14.8 Å². The molecule has 0 radical (unpaired) electrons. The van der Waals surface area contributed by atoms with Gasteiger partial charge in [0.05, 0.1) is 7.11 Å². The van der Waals surface area contributed by atoms with E-state index in [4.69, 9.17) is 9.47 Å². The maximum Gasteiger partial charge on any atom is 0.321 e. The maximum absolute atomic E-state index is 11.7. The second kappa shape index (κ2) is 8.22. The van der Waals surface area contributed by atoms with E-state index < -0.39 is 17.5 Å². The largest absolute Gasteiger partial charge is 0.493 e. The molecule has 126 valence electrons. The van der Waals surface area contributed by atoms with Gasteiger partial charge in [-0.1, -0.05) is 18.2 Å². The summed E-state index contributed by atoms with van der Waals surface area (Å²) in [5.74, 6) is 0.422. The number of benzene rings is 1. The predicted molar refractivity (Wildman–Crippen MR) is 89.6 cm³/mol. The van der Waals surface area contributed by atoms with Crippen LogP contribution in [-0.2, 0) is 4.79 Å². The van der Waals surface area contributed by atoms with Gasteiger partial charge in [0, 0.05) is 5.54 Å². The Hall–Kier alpha value is -2.50. The average Bonchev–Trinajstić information content (AvgIpc) is 2.43. The van der Waals surface area contributed by atoms with Crippen molar-refractivity contribution in [2.75, 3.05) is 13.7 Å². The molecule has 6 nitrogen and oxygen atoms in total. The van der Waals surface area contributed by atoms with E-state index in [0.29, 0.717) is 11.5 Å². The van der Waals surface area contributed by atoms with Crippen LogP contribution in [0.4, 0.5) is 4.79 Å². The highest BCUT2D eigenvalue weighted by atomic mass is 16.5. The Morgan fingerprint density at radius 1 is 1.22 bits per heavy atom. The number of carbonyl (C=O) groups excluding carboxylic acids is 2. The molecule has 0 aliphatic carbocycles. The third-order valence-electron chi connectivity index (χ3n) is 2.65. The topological polar surface area (TPSA) is 76.7 Å². The van der Waals surface area contributed by atoms with Crippen molar-refractivity contribution >= 4 is 18.0 Å². The molecule has 0 atom stereocenters. The van der Waals surface area contributed by atoms with Gasteiger partial charge in [-0.25, -0.2) is 4.79 Å². The first kappa shape index (κ1) is 18.5. The zero-order valence-corrected chi connectivity index (χ0v) is 14.2. The summed E-state index contributed by atoms with van der Waals surface area (Å²) in [4.78, 5) is 23.3. The van der Waals surface area contributed by atoms with Crippen molar-refractivity contribution in [3.05, 3.63) is 29.8 Å². The van der Waals surface area contributed by atoms with Crippen molar-refractivity contribution in [3.8, 4) is 11.5 Å². The summed E-state index contributed by atoms with van der Waals surface area (Å²) in [5.41, 5.74) is 0.544. The highest BCUT2D eigenvalue weighted by Crippen LogP contribution is 2.28. The first-order valence-corrected chi connectivity index (χ1v) is 7.30. The van der Waals surface area contributed by atoms with E-state index in [0.717, 1.165) is 5.56 Å². The summed E-state index contributed by atoms with van der Waals surface area (Å²) in [6.07, 6.45) is 3.84. The molecule has 1 rings (SSSR count). The van der Waals surface area contributed by atoms with Crippen molar-refractivity contribution in [3.63, 3.8) is 0 Å². The molecule has 0 unspecified atom stereocenters. The lowest BCUT2D eigenvalue weighted by molar-refractivity contribution is -0.122. The standard InChI is InChI=1S/C17H24N2O4/c1-6-7-12-8-9-13(14(10-12)22-5)23-11-15(20)18-16(21)19-17(2,3)4/h6-10H,11H2,1-5H3,(H2,18,19,20,21)/b7-6+. The third kappa shape index (κ3) is 6.86. The summed E-state index contributed by atoms with van der Waals surface area (Å²) in [7, 11) is 1.53.